The van der Waals surface area contributed by atoms with Gasteiger partial charge in [-0.2, -0.15) is 0 Å². The summed E-state index contributed by atoms with van der Waals surface area (Å²) in [5.74, 6) is 0. The molecule has 0 radical (unpaired) electrons. The highest BCUT2D eigenvalue weighted by Gasteiger charge is 2.17. The van der Waals surface area contributed by atoms with Crippen molar-refractivity contribution in [2.75, 3.05) is 18.6 Å². The van der Waals surface area contributed by atoms with Crippen LogP contribution in [-0.2, 0) is 4.84 Å². The third-order valence-electron chi connectivity index (χ3n) is 2.64. The lowest BCUT2D eigenvalue weighted by Crippen LogP contribution is -2.37. The largest absolute Gasteiger partial charge is 0.434 e. The van der Waals surface area contributed by atoms with Crippen LogP contribution in [0.3, 0.4) is 0 Å². The van der Waals surface area contributed by atoms with Crippen LogP contribution < -0.4 is 5.48 Å². The van der Waals surface area contributed by atoms with E-state index in [9.17, 15) is 4.79 Å². The molecule has 0 atom stereocenters. The molecule has 1 aliphatic heterocycles. The van der Waals surface area contributed by atoms with E-state index in [0.29, 0.717) is 0 Å². The second kappa shape index (κ2) is 5.39. The van der Waals surface area contributed by atoms with Gasteiger partial charge in [0, 0.05) is 13.1 Å². The van der Waals surface area contributed by atoms with Crippen LogP contribution in [0.5, 0.6) is 0 Å². The molecule has 1 aromatic carbocycles. The van der Waals surface area contributed by atoms with Crippen molar-refractivity contribution >= 4 is 11.8 Å². The van der Waals surface area contributed by atoms with Crippen LogP contribution in [0, 0.1) is 0 Å². The second-order valence-corrected chi connectivity index (χ2v) is 3.88. The number of likely N-dealkylation sites (tertiary alicyclic amines) is 1. The van der Waals surface area contributed by atoms with E-state index in [1.54, 1.807) is 4.90 Å². The SMILES string of the molecule is O=C(ONc1ccccc1)N1CCCCC1. The van der Waals surface area contributed by atoms with Crippen LogP contribution in [0.1, 0.15) is 19.3 Å². The van der Waals surface area contributed by atoms with Gasteiger partial charge in [-0.3, -0.25) is 0 Å². The number of benzene rings is 1. The lowest BCUT2D eigenvalue weighted by molar-refractivity contribution is 0.114. The Labute approximate surface area is 95.2 Å². The Morgan fingerprint density at radius 2 is 1.81 bits per heavy atom. The monoisotopic (exact) mass is 220 g/mol. The number of hydrogen-bond donors (Lipinski definition) is 1. The second-order valence-electron chi connectivity index (χ2n) is 3.88. The average Bonchev–Trinajstić information content (AvgIpc) is 2.38. The van der Waals surface area contributed by atoms with Gasteiger partial charge in [0.1, 0.15) is 0 Å². The quantitative estimate of drug-likeness (QED) is 0.779. The van der Waals surface area contributed by atoms with Gasteiger partial charge in [0.2, 0.25) is 0 Å². The number of rotatable bonds is 2. The Balaban J connectivity index is 1.79. The molecule has 1 N–H and O–H groups in total. The molecule has 0 spiro atoms. The number of nitrogens with one attached hydrogen (secondary N) is 1. The van der Waals surface area contributed by atoms with Crippen LogP contribution in [0.25, 0.3) is 0 Å². The molecule has 0 aliphatic carbocycles. The molecular weight excluding hydrogens is 204 g/mol. The zero-order chi connectivity index (χ0) is 11.2. The first-order valence-corrected chi connectivity index (χ1v) is 5.63. The molecule has 4 heteroatoms. The molecule has 1 amide bonds. The predicted molar refractivity (Wildman–Crippen MR) is 62.0 cm³/mol. The summed E-state index contributed by atoms with van der Waals surface area (Å²) in [7, 11) is 0. The number of anilines is 1. The van der Waals surface area contributed by atoms with Crippen LogP contribution in [0.2, 0.25) is 0 Å². The highest BCUT2D eigenvalue weighted by atomic mass is 16.7. The minimum absolute atomic E-state index is 0.288. The van der Waals surface area contributed by atoms with E-state index in [2.05, 4.69) is 5.48 Å². The molecule has 1 heterocycles. The zero-order valence-electron chi connectivity index (χ0n) is 9.19. The summed E-state index contributed by atoms with van der Waals surface area (Å²) in [4.78, 5) is 18.4. The fourth-order valence-electron chi connectivity index (χ4n) is 1.75. The number of nitrogens with zero attached hydrogens (tertiary/aromatic N) is 1. The van der Waals surface area contributed by atoms with Crippen LogP contribution in [0.4, 0.5) is 10.5 Å². The Bertz CT molecular complexity index is 334. The Morgan fingerprint density at radius 1 is 1.12 bits per heavy atom. The summed E-state index contributed by atoms with van der Waals surface area (Å²) in [6.45, 7) is 1.60. The summed E-state index contributed by atoms with van der Waals surface area (Å²) in [6, 6.07) is 9.39. The number of carbonyl (C=O) groups is 1. The first-order valence-electron chi connectivity index (χ1n) is 5.63. The topological polar surface area (TPSA) is 41.6 Å². The van der Waals surface area contributed by atoms with E-state index in [4.69, 9.17) is 4.84 Å². The fourth-order valence-corrected chi connectivity index (χ4v) is 1.75. The van der Waals surface area contributed by atoms with Crippen molar-refractivity contribution in [1.82, 2.24) is 4.90 Å². The summed E-state index contributed by atoms with van der Waals surface area (Å²) in [5, 5.41) is 0. The molecule has 16 heavy (non-hydrogen) atoms. The van der Waals surface area contributed by atoms with Gasteiger partial charge in [0.25, 0.3) is 0 Å². The third kappa shape index (κ3) is 2.89. The van der Waals surface area contributed by atoms with Gasteiger partial charge in [0.05, 0.1) is 5.69 Å². The van der Waals surface area contributed by atoms with Crippen molar-refractivity contribution in [2.45, 2.75) is 19.3 Å². The van der Waals surface area contributed by atoms with E-state index in [1.165, 1.54) is 6.42 Å². The van der Waals surface area contributed by atoms with Crippen molar-refractivity contribution in [3.63, 3.8) is 0 Å². The van der Waals surface area contributed by atoms with Crippen molar-refractivity contribution in [3.8, 4) is 0 Å². The summed E-state index contributed by atoms with van der Waals surface area (Å²) < 4.78 is 0. The zero-order valence-corrected chi connectivity index (χ0v) is 9.19. The van der Waals surface area contributed by atoms with E-state index in [-0.39, 0.29) is 6.09 Å². The Hall–Kier alpha value is -1.71. The molecule has 4 nitrogen and oxygen atoms in total. The van der Waals surface area contributed by atoms with Gasteiger partial charge in [-0.1, -0.05) is 18.2 Å². The highest BCUT2D eigenvalue weighted by Crippen LogP contribution is 2.11. The van der Waals surface area contributed by atoms with Gasteiger partial charge < -0.3 is 9.74 Å². The third-order valence-corrected chi connectivity index (χ3v) is 2.64. The van der Waals surface area contributed by atoms with E-state index in [0.717, 1.165) is 31.6 Å². The van der Waals surface area contributed by atoms with Crippen molar-refractivity contribution < 1.29 is 9.63 Å². The van der Waals surface area contributed by atoms with E-state index >= 15 is 0 Å². The van der Waals surface area contributed by atoms with Crippen LogP contribution in [0.15, 0.2) is 30.3 Å². The number of piperidine rings is 1. The normalized spacial score (nSPS) is 15.6. The smallest absolute Gasteiger partial charge is 0.324 e. The number of amides is 1. The Morgan fingerprint density at radius 3 is 2.50 bits per heavy atom. The van der Waals surface area contributed by atoms with Crippen LogP contribution in [-0.4, -0.2) is 24.1 Å². The minimum atomic E-state index is -0.288. The van der Waals surface area contributed by atoms with Crippen LogP contribution >= 0.6 is 0 Å². The molecule has 86 valence electrons. The standard InChI is InChI=1S/C12H16N2O2/c15-12(14-9-5-2-6-10-14)16-13-11-7-3-1-4-8-11/h1,3-4,7-8,13H,2,5-6,9-10H2. The number of para-hydroxylation sites is 1. The molecule has 1 saturated heterocycles. The van der Waals surface area contributed by atoms with Gasteiger partial charge >= 0.3 is 6.09 Å². The first-order chi connectivity index (χ1) is 7.86. The van der Waals surface area contributed by atoms with Crippen molar-refractivity contribution in [3.05, 3.63) is 30.3 Å². The molecular formula is C12H16N2O2. The van der Waals surface area contributed by atoms with Gasteiger partial charge in [0.15, 0.2) is 0 Å². The lowest BCUT2D eigenvalue weighted by atomic mass is 10.1. The molecule has 0 aromatic heterocycles. The maximum absolute atomic E-state index is 11.6. The van der Waals surface area contributed by atoms with E-state index in [1.807, 2.05) is 30.3 Å². The fraction of sp³-hybridized carbons (Fsp3) is 0.417. The molecule has 1 fully saturated rings. The predicted octanol–water partition coefficient (Wildman–Crippen LogP) is 2.64. The van der Waals surface area contributed by atoms with Gasteiger partial charge in [-0.05, 0) is 31.4 Å². The molecule has 1 aromatic rings. The van der Waals surface area contributed by atoms with Crippen molar-refractivity contribution in [2.24, 2.45) is 0 Å². The first kappa shape index (κ1) is 10.8. The van der Waals surface area contributed by atoms with Gasteiger partial charge in [-0.15, -0.1) is 0 Å². The summed E-state index contributed by atoms with van der Waals surface area (Å²) in [6.07, 6.45) is 3.06. The highest BCUT2D eigenvalue weighted by molar-refractivity contribution is 5.68. The Kier molecular flexibility index (Phi) is 3.64. The maximum Gasteiger partial charge on any atom is 0.434 e. The molecule has 0 saturated carbocycles. The summed E-state index contributed by atoms with van der Waals surface area (Å²) in [5.41, 5.74) is 3.44. The molecule has 0 bridgehead atoms. The van der Waals surface area contributed by atoms with E-state index < -0.39 is 0 Å². The molecule has 1 aliphatic rings. The summed E-state index contributed by atoms with van der Waals surface area (Å²) >= 11 is 0. The molecule has 0 unspecified atom stereocenters. The number of hydrogen-bond acceptors (Lipinski definition) is 3. The van der Waals surface area contributed by atoms with Gasteiger partial charge in [-0.25, -0.2) is 10.3 Å². The lowest BCUT2D eigenvalue weighted by Gasteiger charge is -2.25. The maximum atomic E-state index is 11.6. The minimum Gasteiger partial charge on any atom is -0.324 e. The molecule has 2 rings (SSSR count). The average molecular weight is 220 g/mol. The number of carbonyl (C=O) groups excluding carboxylic acids is 1. The van der Waals surface area contributed by atoms with Crippen molar-refractivity contribution in [1.29, 1.82) is 0 Å².